The van der Waals surface area contributed by atoms with Gasteiger partial charge in [0.15, 0.2) is 0 Å². The number of phenolic OH excluding ortho intramolecular Hbond substituents is 2. The zero-order valence-corrected chi connectivity index (χ0v) is 30.3. The molecule has 5 rings (SSSR count). The fourth-order valence-corrected chi connectivity index (χ4v) is 16.2. The number of unbranched alkanes of at least 4 members (excludes halogenated alkanes) is 8. The average Bonchev–Trinajstić information content (AvgIpc) is 3.12. The van der Waals surface area contributed by atoms with Crippen LogP contribution in [-0.4, -0.2) is 16.4 Å². The molecule has 0 spiro atoms. The summed E-state index contributed by atoms with van der Waals surface area (Å²) < 4.78 is 0. The minimum atomic E-state index is -3.40. The van der Waals surface area contributed by atoms with Crippen LogP contribution in [0.15, 0.2) is 140 Å². The molecule has 0 aliphatic heterocycles. The van der Waals surface area contributed by atoms with Crippen molar-refractivity contribution in [1.82, 2.24) is 0 Å². The van der Waals surface area contributed by atoms with Crippen LogP contribution in [0.5, 0.6) is 11.5 Å². The van der Waals surface area contributed by atoms with E-state index in [1.165, 1.54) is 78.4 Å². The van der Waals surface area contributed by atoms with Crippen LogP contribution >= 0.6 is 20.8 Å². The first-order valence-corrected chi connectivity index (χ1v) is 21.8. The van der Waals surface area contributed by atoms with E-state index in [9.17, 15) is 10.2 Å². The van der Waals surface area contributed by atoms with Crippen molar-refractivity contribution in [2.24, 2.45) is 0 Å². The first-order valence-electron chi connectivity index (χ1n) is 17.4. The second kappa shape index (κ2) is 16.1. The van der Waals surface area contributed by atoms with Crippen molar-refractivity contribution in [2.75, 3.05) is 6.16 Å². The Labute approximate surface area is 290 Å². The Balaban J connectivity index is 1.70. The van der Waals surface area contributed by atoms with Gasteiger partial charge in [-0.15, -0.1) is 0 Å². The quantitative estimate of drug-likeness (QED) is 0.0745. The molecule has 0 radical (unpaired) electrons. The summed E-state index contributed by atoms with van der Waals surface area (Å²) >= 11 is 4.77. The van der Waals surface area contributed by atoms with Crippen molar-refractivity contribution in [2.45, 2.75) is 76.5 Å². The van der Waals surface area contributed by atoms with Crippen LogP contribution in [0.25, 0.3) is 0 Å². The number of phenols is 2. The Hall–Kier alpha value is -3.39. The molecule has 2 nitrogen and oxygen atoms in total. The first kappa shape index (κ1) is 34.9. The summed E-state index contributed by atoms with van der Waals surface area (Å²) in [5.74, 6) is 0.531. The number of halogens is 1. The first-order chi connectivity index (χ1) is 22.9. The third-order valence-electron chi connectivity index (χ3n) is 10.00. The molecule has 0 saturated heterocycles. The van der Waals surface area contributed by atoms with Crippen LogP contribution < -0.4 is 15.9 Å². The zero-order valence-electron chi connectivity index (χ0n) is 27.8. The maximum atomic E-state index is 10.5. The number of benzene rings is 5. The topological polar surface area (TPSA) is 40.5 Å². The van der Waals surface area contributed by atoms with Crippen molar-refractivity contribution in [3.63, 3.8) is 0 Å². The van der Waals surface area contributed by atoms with Gasteiger partial charge in [-0.2, -0.15) is 0 Å². The normalized spacial score (nSPS) is 12.8. The van der Waals surface area contributed by atoms with E-state index in [2.05, 4.69) is 122 Å². The Kier molecular flexibility index (Phi) is 12.0. The summed E-state index contributed by atoms with van der Waals surface area (Å²) in [4.78, 5) is 0. The van der Waals surface area contributed by atoms with Gasteiger partial charge in [-0.1, -0.05) is 6.92 Å². The fraction of sp³-hybridized carbons (Fsp3) is 0.302. The average molecular weight is 710 g/mol. The molecule has 0 fully saturated rings. The summed E-state index contributed by atoms with van der Waals surface area (Å²) in [5.41, 5.74) is 1.92. The van der Waals surface area contributed by atoms with Gasteiger partial charge in [-0.05, 0) is 0 Å². The van der Waals surface area contributed by atoms with Gasteiger partial charge in [0.05, 0.1) is 0 Å². The molecule has 0 amide bonds. The van der Waals surface area contributed by atoms with Crippen LogP contribution in [0, 0.1) is 0 Å². The zero-order chi connectivity index (χ0) is 33.0. The predicted molar refractivity (Wildman–Crippen MR) is 208 cm³/mol. The Morgan fingerprint density at radius 3 is 1.17 bits per heavy atom. The predicted octanol–water partition coefficient (Wildman–Crippen LogP) is 11.1. The van der Waals surface area contributed by atoms with Gasteiger partial charge in [-0.3, -0.25) is 0 Å². The van der Waals surface area contributed by atoms with E-state index in [1.54, 1.807) is 0 Å². The Morgan fingerprint density at radius 1 is 0.468 bits per heavy atom. The molecular weight excluding hydrogens is 659 g/mol. The molecule has 4 heteroatoms. The molecule has 0 atom stereocenters. The van der Waals surface area contributed by atoms with Gasteiger partial charge < -0.3 is 0 Å². The molecule has 0 aliphatic rings. The standard InChI is InChI=1S/C43H50BrO2P/c1-2-3-4-5-6-7-8-9-19-34-43(36-26-30-38(45)31-27-36,37-28-32-39(46)33-29-37)35-47(44,40-20-13-10-14-21-40,41-22-15-11-16-23-41)42-24-17-12-18-25-42/h10-18,20-33,45-46H,2-9,19,34-35H2,1H3. The van der Waals surface area contributed by atoms with Crippen LogP contribution in [0.4, 0.5) is 0 Å². The van der Waals surface area contributed by atoms with Crippen LogP contribution in [0.3, 0.4) is 0 Å². The fourth-order valence-electron chi connectivity index (χ4n) is 7.46. The van der Waals surface area contributed by atoms with Gasteiger partial charge in [0.25, 0.3) is 0 Å². The number of rotatable bonds is 17. The van der Waals surface area contributed by atoms with Crippen molar-refractivity contribution in [1.29, 1.82) is 0 Å². The summed E-state index contributed by atoms with van der Waals surface area (Å²) in [6, 6.07) is 48.8. The molecule has 2 N–H and O–H groups in total. The molecule has 0 bridgehead atoms. The molecule has 47 heavy (non-hydrogen) atoms. The van der Waals surface area contributed by atoms with Crippen LogP contribution in [0.1, 0.15) is 82.3 Å². The van der Waals surface area contributed by atoms with Gasteiger partial charge in [0.1, 0.15) is 0 Å². The van der Waals surface area contributed by atoms with Gasteiger partial charge in [0, 0.05) is 0 Å². The van der Waals surface area contributed by atoms with Crippen molar-refractivity contribution in [3.05, 3.63) is 151 Å². The minimum absolute atomic E-state index is 0.266. The van der Waals surface area contributed by atoms with Crippen molar-refractivity contribution >= 4 is 36.7 Å². The van der Waals surface area contributed by atoms with Crippen molar-refractivity contribution < 1.29 is 10.2 Å². The molecule has 0 saturated carbocycles. The molecule has 0 aliphatic carbocycles. The number of aromatic hydroxyl groups is 2. The molecule has 0 unspecified atom stereocenters. The third-order valence-corrected chi connectivity index (χ3v) is 19.7. The van der Waals surface area contributed by atoms with Gasteiger partial charge >= 0.3 is 285 Å². The second-order valence-corrected chi connectivity index (χ2v) is 22.0. The van der Waals surface area contributed by atoms with Gasteiger partial charge in [-0.25, -0.2) is 0 Å². The van der Waals surface area contributed by atoms with Crippen molar-refractivity contribution in [3.8, 4) is 11.5 Å². The molecule has 246 valence electrons. The Bertz CT molecular complexity index is 1490. The molecule has 5 aromatic rings. The summed E-state index contributed by atoms with van der Waals surface area (Å²) in [6.45, 7) is 2.27. The molecule has 0 aromatic heterocycles. The van der Waals surface area contributed by atoms with E-state index < -0.39 is 10.7 Å². The summed E-state index contributed by atoms with van der Waals surface area (Å²) in [5, 5.41) is 21.4. The SMILES string of the molecule is CCCCCCCCCCCC(CP(Br)(c1ccccc1)(c1ccccc1)c1ccccc1)(c1ccc(O)cc1)c1ccc(O)cc1. The molecule has 0 heterocycles. The molecule has 5 aromatic carbocycles. The number of hydrogen-bond donors (Lipinski definition) is 2. The molecular formula is C43H50BrO2P. The number of hydrogen-bond acceptors (Lipinski definition) is 2. The summed E-state index contributed by atoms with van der Waals surface area (Å²) in [6.07, 6.45) is 13.1. The van der Waals surface area contributed by atoms with E-state index in [0.29, 0.717) is 0 Å². The summed E-state index contributed by atoms with van der Waals surface area (Å²) in [7, 11) is 0. The van der Waals surface area contributed by atoms with E-state index >= 15 is 0 Å². The Morgan fingerprint density at radius 2 is 0.809 bits per heavy atom. The van der Waals surface area contributed by atoms with E-state index in [4.69, 9.17) is 15.5 Å². The maximum absolute atomic E-state index is 10.5. The van der Waals surface area contributed by atoms with Gasteiger partial charge in [0.2, 0.25) is 0 Å². The third kappa shape index (κ3) is 7.69. The van der Waals surface area contributed by atoms with Crippen LogP contribution in [-0.2, 0) is 5.41 Å². The van der Waals surface area contributed by atoms with E-state index in [0.717, 1.165) is 19.0 Å². The second-order valence-electron chi connectivity index (χ2n) is 13.1. The van der Waals surface area contributed by atoms with Crippen LogP contribution in [0.2, 0.25) is 0 Å². The van der Waals surface area contributed by atoms with E-state index in [-0.39, 0.29) is 11.5 Å². The van der Waals surface area contributed by atoms with E-state index in [1.807, 2.05) is 24.3 Å². The monoisotopic (exact) mass is 708 g/mol.